The van der Waals surface area contributed by atoms with E-state index in [0.717, 1.165) is 23.7 Å². The molecule has 1 N–H and O–H groups in total. The SMILES string of the molecule is O=C(Cc1cccs1)NC1CC2CC1C1CCCC21. The van der Waals surface area contributed by atoms with Crippen LogP contribution < -0.4 is 5.32 Å². The zero-order valence-corrected chi connectivity index (χ0v) is 12.0. The van der Waals surface area contributed by atoms with Crippen molar-refractivity contribution in [2.45, 2.75) is 44.6 Å². The number of hydrogen-bond acceptors (Lipinski definition) is 2. The summed E-state index contributed by atoms with van der Waals surface area (Å²) < 4.78 is 0. The lowest BCUT2D eigenvalue weighted by Gasteiger charge is -2.32. The molecule has 2 bridgehead atoms. The minimum absolute atomic E-state index is 0.231. The Bertz CT molecular complexity index is 469. The Morgan fingerprint density at radius 3 is 3.00 bits per heavy atom. The summed E-state index contributed by atoms with van der Waals surface area (Å²) in [6.45, 7) is 0. The largest absolute Gasteiger partial charge is 0.353 e. The Hall–Kier alpha value is -0.830. The van der Waals surface area contributed by atoms with Gasteiger partial charge in [-0.05, 0) is 60.8 Å². The van der Waals surface area contributed by atoms with Gasteiger partial charge in [0.25, 0.3) is 0 Å². The maximum Gasteiger partial charge on any atom is 0.225 e. The third kappa shape index (κ3) is 2.03. The van der Waals surface area contributed by atoms with E-state index in [1.165, 1.54) is 37.0 Å². The monoisotopic (exact) mass is 275 g/mol. The van der Waals surface area contributed by atoms with Gasteiger partial charge >= 0.3 is 0 Å². The summed E-state index contributed by atoms with van der Waals surface area (Å²) >= 11 is 1.68. The van der Waals surface area contributed by atoms with Crippen LogP contribution in [0.1, 0.15) is 37.0 Å². The van der Waals surface area contributed by atoms with Gasteiger partial charge in [0, 0.05) is 10.9 Å². The van der Waals surface area contributed by atoms with Gasteiger partial charge in [-0.25, -0.2) is 0 Å². The summed E-state index contributed by atoms with van der Waals surface area (Å²) in [6.07, 6.45) is 7.52. The first-order valence-corrected chi connectivity index (χ1v) is 8.51. The molecule has 102 valence electrons. The maximum atomic E-state index is 12.1. The lowest BCUT2D eigenvalue weighted by molar-refractivity contribution is -0.121. The quantitative estimate of drug-likeness (QED) is 0.901. The number of fused-ring (bicyclic) bond motifs is 5. The number of hydrogen-bond donors (Lipinski definition) is 1. The minimum Gasteiger partial charge on any atom is -0.353 e. The van der Waals surface area contributed by atoms with E-state index in [1.54, 1.807) is 11.3 Å². The third-order valence-corrected chi connectivity index (χ3v) is 6.57. The van der Waals surface area contributed by atoms with Gasteiger partial charge in [-0.1, -0.05) is 12.5 Å². The zero-order valence-electron chi connectivity index (χ0n) is 11.2. The van der Waals surface area contributed by atoms with Crippen LogP contribution in [0.2, 0.25) is 0 Å². The molecule has 1 aromatic heterocycles. The molecule has 19 heavy (non-hydrogen) atoms. The topological polar surface area (TPSA) is 29.1 Å². The van der Waals surface area contributed by atoms with Gasteiger partial charge < -0.3 is 5.32 Å². The van der Waals surface area contributed by atoms with Gasteiger partial charge in [-0.15, -0.1) is 11.3 Å². The van der Waals surface area contributed by atoms with Gasteiger partial charge in [0.15, 0.2) is 0 Å². The van der Waals surface area contributed by atoms with Crippen LogP contribution in [0.4, 0.5) is 0 Å². The van der Waals surface area contributed by atoms with E-state index >= 15 is 0 Å². The van der Waals surface area contributed by atoms with Crippen LogP contribution in [0.5, 0.6) is 0 Å². The first-order valence-electron chi connectivity index (χ1n) is 7.63. The van der Waals surface area contributed by atoms with Gasteiger partial charge in [0.1, 0.15) is 0 Å². The van der Waals surface area contributed by atoms with Gasteiger partial charge in [0.05, 0.1) is 6.42 Å². The van der Waals surface area contributed by atoms with E-state index in [0.29, 0.717) is 12.5 Å². The molecule has 3 aliphatic carbocycles. The fourth-order valence-corrected chi connectivity index (χ4v) is 5.77. The van der Waals surface area contributed by atoms with Crippen molar-refractivity contribution >= 4 is 17.2 Å². The molecular formula is C16H21NOS. The number of nitrogens with one attached hydrogen (secondary N) is 1. The highest BCUT2D eigenvalue weighted by Gasteiger charge is 2.53. The predicted molar refractivity (Wildman–Crippen MR) is 77.0 cm³/mol. The van der Waals surface area contributed by atoms with Crippen molar-refractivity contribution in [3.8, 4) is 0 Å². The molecule has 0 aliphatic heterocycles. The standard InChI is InChI=1S/C16H21NOS/c18-16(9-11-3-2-6-19-11)17-15-8-10-7-14(15)13-5-1-4-12(10)13/h2-3,6,10,12-15H,1,4-5,7-9H2,(H,17,18). The molecule has 0 radical (unpaired) electrons. The Kier molecular flexibility index (Phi) is 2.91. The molecular weight excluding hydrogens is 254 g/mol. The highest BCUT2D eigenvalue weighted by atomic mass is 32.1. The van der Waals surface area contributed by atoms with Crippen molar-refractivity contribution in [3.63, 3.8) is 0 Å². The molecule has 4 rings (SSSR count). The van der Waals surface area contributed by atoms with Gasteiger partial charge in [-0.2, -0.15) is 0 Å². The van der Waals surface area contributed by atoms with E-state index in [1.807, 2.05) is 11.4 Å². The third-order valence-electron chi connectivity index (χ3n) is 5.69. The maximum absolute atomic E-state index is 12.1. The number of carbonyl (C=O) groups excluding carboxylic acids is 1. The van der Waals surface area contributed by atoms with Crippen molar-refractivity contribution in [3.05, 3.63) is 22.4 Å². The smallest absolute Gasteiger partial charge is 0.225 e. The number of amides is 1. The summed E-state index contributed by atoms with van der Waals surface area (Å²) in [5.41, 5.74) is 0. The van der Waals surface area contributed by atoms with Crippen molar-refractivity contribution in [2.75, 3.05) is 0 Å². The Labute approximate surface area is 118 Å². The average molecular weight is 275 g/mol. The first-order chi connectivity index (χ1) is 9.31. The molecule has 3 aliphatic rings. The van der Waals surface area contributed by atoms with Crippen LogP contribution in [-0.4, -0.2) is 11.9 Å². The molecule has 0 aromatic carbocycles. The summed E-state index contributed by atoms with van der Waals surface area (Å²) in [6, 6.07) is 4.56. The molecule has 0 saturated heterocycles. The molecule has 3 saturated carbocycles. The minimum atomic E-state index is 0.231. The number of thiophene rings is 1. The van der Waals surface area contributed by atoms with Crippen molar-refractivity contribution in [1.82, 2.24) is 5.32 Å². The first kappa shape index (κ1) is 12.0. The molecule has 5 unspecified atom stereocenters. The molecule has 5 atom stereocenters. The van der Waals surface area contributed by atoms with E-state index < -0.39 is 0 Å². The van der Waals surface area contributed by atoms with Gasteiger partial charge in [0.2, 0.25) is 5.91 Å². The van der Waals surface area contributed by atoms with Crippen LogP contribution in [0.25, 0.3) is 0 Å². The van der Waals surface area contributed by atoms with E-state index in [2.05, 4.69) is 11.4 Å². The molecule has 0 spiro atoms. The summed E-state index contributed by atoms with van der Waals surface area (Å²) in [4.78, 5) is 13.3. The van der Waals surface area contributed by atoms with Gasteiger partial charge in [-0.3, -0.25) is 4.79 Å². The van der Waals surface area contributed by atoms with Crippen LogP contribution in [0, 0.1) is 23.7 Å². The Morgan fingerprint density at radius 1 is 1.26 bits per heavy atom. The Balaban J connectivity index is 1.38. The highest BCUT2D eigenvalue weighted by molar-refractivity contribution is 7.10. The second-order valence-electron chi connectivity index (χ2n) is 6.58. The van der Waals surface area contributed by atoms with E-state index in [4.69, 9.17) is 0 Å². The van der Waals surface area contributed by atoms with E-state index in [9.17, 15) is 4.79 Å². The molecule has 1 heterocycles. The summed E-state index contributed by atoms with van der Waals surface area (Å²) in [7, 11) is 0. The zero-order chi connectivity index (χ0) is 12.8. The fraction of sp³-hybridized carbons (Fsp3) is 0.688. The van der Waals surface area contributed by atoms with Crippen molar-refractivity contribution < 1.29 is 4.79 Å². The van der Waals surface area contributed by atoms with Crippen LogP contribution in [-0.2, 0) is 11.2 Å². The van der Waals surface area contributed by atoms with Crippen LogP contribution in [0.3, 0.4) is 0 Å². The van der Waals surface area contributed by atoms with Crippen molar-refractivity contribution in [2.24, 2.45) is 23.7 Å². The molecule has 1 aromatic rings. The molecule has 3 heteroatoms. The molecule has 3 fully saturated rings. The van der Waals surface area contributed by atoms with Crippen LogP contribution in [0.15, 0.2) is 17.5 Å². The van der Waals surface area contributed by atoms with E-state index in [-0.39, 0.29) is 5.91 Å². The average Bonchev–Trinajstić information content (AvgIpc) is 3.10. The number of rotatable bonds is 3. The predicted octanol–water partition coefficient (Wildman–Crippen LogP) is 3.23. The van der Waals surface area contributed by atoms with Crippen molar-refractivity contribution in [1.29, 1.82) is 0 Å². The Morgan fingerprint density at radius 2 is 2.16 bits per heavy atom. The normalized spacial score (nSPS) is 39.5. The summed E-state index contributed by atoms with van der Waals surface area (Å²) in [5, 5.41) is 5.37. The van der Waals surface area contributed by atoms with Crippen LogP contribution >= 0.6 is 11.3 Å². The summed E-state index contributed by atoms with van der Waals surface area (Å²) in [5.74, 6) is 3.89. The molecule has 1 amide bonds. The number of carbonyl (C=O) groups is 1. The second-order valence-corrected chi connectivity index (χ2v) is 7.62. The molecule has 2 nitrogen and oxygen atoms in total. The fourth-order valence-electron chi connectivity index (χ4n) is 5.06. The lowest BCUT2D eigenvalue weighted by Crippen LogP contribution is -2.43. The second kappa shape index (κ2) is 4.62. The highest BCUT2D eigenvalue weighted by Crippen LogP contribution is 2.58. The lowest BCUT2D eigenvalue weighted by atomic mass is 9.79.